The first kappa shape index (κ1) is 21.1. The van der Waals surface area contributed by atoms with Gasteiger partial charge in [-0.05, 0) is 59.0 Å². The highest BCUT2D eigenvalue weighted by Gasteiger charge is 2.16. The molecule has 1 saturated carbocycles. The molecule has 1 aliphatic rings. The Bertz CT molecular complexity index is 675. The maximum absolute atomic E-state index is 6.05. The van der Waals surface area contributed by atoms with Crippen LogP contribution in [0.2, 0.25) is 0 Å². The van der Waals surface area contributed by atoms with Gasteiger partial charge in [-0.3, -0.25) is 0 Å². The lowest BCUT2D eigenvalue weighted by atomic mass is 10.1. The van der Waals surface area contributed by atoms with Crippen LogP contribution in [-0.2, 0) is 13.2 Å². The number of rotatable bonds is 8. The van der Waals surface area contributed by atoms with Crippen molar-refractivity contribution in [3.63, 3.8) is 0 Å². The molecule has 3 nitrogen and oxygen atoms in total. The fourth-order valence-electron chi connectivity index (χ4n) is 3.25. The number of ether oxygens (including phenoxy) is 2. The highest BCUT2D eigenvalue weighted by atomic mass is 79.9. The summed E-state index contributed by atoms with van der Waals surface area (Å²) in [7, 11) is 0. The summed E-state index contributed by atoms with van der Waals surface area (Å²) in [5.74, 6) is 1.58. The lowest BCUT2D eigenvalue weighted by molar-refractivity contribution is 0.267. The summed E-state index contributed by atoms with van der Waals surface area (Å²) >= 11 is 3.66. The van der Waals surface area contributed by atoms with Crippen molar-refractivity contribution in [1.29, 1.82) is 0 Å². The highest BCUT2D eigenvalue weighted by molar-refractivity contribution is 9.10. The number of halogens is 2. The van der Waals surface area contributed by atoms with E-state index >= 15 is 0 Å². The molecule has 0 atom stereocenters. The molecular formula is C21H27BrClNO2. The van der Waals surface area contributed by atoms with Crippen LogP contribution in [0.4, 0.5) is 0 Å². The van der Waals surface area contributed by atoms with Crippen LogP contribution < -0.4 is 14.8 Å². The molecule has 0 unspecified atom stereocenters. The van der Waals surface area contributed by atoms with Gasteiger partial charge in [-0.15, -0.1) is 12.4 Å². The summed E-state index contributed by atoms with van der Waals surface area (Å²) in [6.45, 7) is 4.01. The first-order valence-electron chi connectivity index (χ1n) is 9.11. The normalized spacial score (nSPS) is 14.1. The van der Waals surface area contributed by atoms with Crippen LogP contribution in [0, 0.1) is 0 Å². The van der Waals surface area contributed by atoms with Crippen LogP contribution >= 0.6 is 28.3 Å². The quantitative estimate of drug-likeness (QED) is 0.556. The smallest absolute Gasteiger partial charge is 0.175 e. The zero-order valence-corrected chi connectivity index (χ0v) is 17.6. The molecule has 26 heavy (non-hydrogen) atoms. The molecule has 0 heterocycles. The number of benzene rings is 2. The van der Waals surface area contributed by atoms with Crippen molar-refractivity contribution in [2.45, 2.75) is 51.8 Å². The fraction of sp³-hybridized carbons (Fsp3) is 0.429. The molecule has 1 N–H and O–H groups in total. The van der Waals surface area contributed by atoms with Crippen LogP contribution in [0.15, 0.2) is 46.9 Å². The zero-order chi connectivity index (χ0) is 17.5. The lowest BCUT2D eigenvalue weighted by Gasteiger charge is -2.17. The predicted octanol–water partition coefficient (Wildman–Crippen LogP) is 5.88. The van der Waals surface area contributed by atoms with Crippen molar-refractivity contribution in [1.82, 2.24) is 5.32 Å². The Hall–Kier alpha value is -1.23. The molecule has 1 fully saturated rings. The monoisotopic (exact) mass is 439 g/mol. The molecule has 3 rings (SSSR count). The lowest BCUT2D eigenvalue weighted by Crippen LogP contribution is -2.25. The van der Waals surface area contributed by atoms with E-state index in [-0.39, 0.29) is 12.4 Å². The standard InChI is InChI=1S/C21H26BrNO2.ClH/c1-2-24-20-13-17(14-23-18-10-6-7-11-18)12-19(22)21(20)25-15-16-8-4-3-5-9-16;/h3-5,8-9,12-13,18,23H,2,6-7,10-11,14-15H2,1H3;1H. The van der Waals surface area contributed by atoms with Gasteiger partial charge in [0, 0.05) is 12.6 Å². The number of hydrogen-bond acceptors (Lipinski definition) is 3. The van der Waals surface area contributed by atoms with Crippen LogP contribution in [0.5, 0.6) is 11.5 Å². The van der Waals surface area contributed by atoms with Gasteiger partial charge in [0.15, 0.2) is 11.5 Å². The van der Waals surface area contributed by atoms with Crippen molar-refractivity contribution >= 4 is 28.3 Å². The van der Waals surface area contributed by atoms with Gasteiger partial charge in [0.1, 0.15) is 6.61 Å². The molecule has 0 radical (unpaired) electrons. The van der Waals surface area contributed by atoms with E-state index in [4.69, 9.17) is 9.47 Å². The predicted molar refractivity (Wildman–Crippen MR) is 112 cm³/mol. The second kappa shape index (κ2) is 10.8. The molecule has 2 aromatic rings. The first-order valence-corrected chi connectivity index (χ1v) is 9.91. The molecule has 0 bridgehead atoms. The van der Waals surface area contributed by atoms with Gasteiger partial charge in [-0.1, -0.05) is 43.2 Å². The molecule has 2 aromatic carbocycles. The van der Waals surface area contributed by atoms with Crippen molar-refractivity contribution in [3.8, 4) is 11.5 Å². The Kier molecular flexibility index (Phi) is 8.76. The number of nitrogens with one attached hydrogen (secondary N) is 1. The Morgan fingerprint density at radius 2 is 1.77 bits per heavy atom. The maximum atomic E-state index is 6.05. The van der Waals surface area contributed by atoms with E-state index in [9.17, 15) is 0 Å². The molecule has 0 amide bonds. The van der Waals surface area contributed by atoms with Crippen LogP contribution in [0.25, 0.3) is 0 Å². The van der Waals surface area contributed by atoms with Gasteiger partial charge in [0.05, 0.1) is 11.1 Å². The van der Waals surface area contributed by atoms with E-state index < -0.39 is 0 Å². The zero-order valence-electron chi connectivity index (χ0n) is 15.2. The van der Waals surface area contributed by atoms with Crippen LogP contribution in [0.1, 0.15) is 43.7 Å². The van der Waals surface area contributed by atoms with Gasteiger partial charge in [0.2, 0.25) is 0 Å². The third-order valence-corrected chi connectivity index (χ3v) is 5.13. The molecule has 0 aliphatic heterocycles. The summed E-state index contributed by atoms with van der Waals surface area (Å²) in [5.41, 5.74) is 2.36. The second-order valence-corrected chi connectivity index (χ2v) is 7.33. The van der Waals surface area contributed by atoms with E-state index in [2.05, 4.69) is 45.5 Å². The minimum atomic E-state index is 0. The minimum Gasteiger partial charge on any atom is -0.490 e. The van der Waals surface area contributed by atoms with Crippen LogP contribution in [-0.4, -0.2) is 12.6 Å². The van der Waals surface area contributed by atoms with E-state index in [1.54, 1.807) is 0 Å². The first-order chi connectivity index (χ1) is 12.3. The van der Waals surface area contributed by atoms with E-state index in [1.165, 1.54) is 31.2 Å². The minimum absolute atomic E-state index is 0. The maximum Gasteiger partial charge on any atom is 0.175 e. The van der Waals surface area contributed by atoms with Crippen molar-refractivity contribution in [3.05, 3.63) is 58.1 Å². The van der Waals surface area contributed by atoms with Gasteiger partial charge in [-0.2, -0.15) is 0 Å². The summed E-state index contributed by atoms with van der Waals surface area (Å²) < 4.78 is 12.8. The molecule has 5 heteroatoms. The largest absolute Gasteiger partial charge is 0.490 e. The van der Waals surface area contributed by atoms with Crippen molar-refractivity contribution in [2.24, 2.45) is 0 Å². The van der Waals surface area contributed by atoms with Gasteiger partial charge in [-0.25, -0.2) is 0 Å². The molecule has 0 spiro atoms. The Morgan fingerprint density at radius 3 is 2.46 bits per heavy atom. The second-order valence-electron chi connectivity index (χ2n) is 6.47. The summed E-state index contributed by atoms with van der Waals surface area (Å²) in [4.78, 5) is 0. The van der Waals surface area contributed by atoms with E-state index in [1.807, 2.05) is 25.1 Å². The Morgan fingerprint density at radius 1 is 1.04 bits per heavy atom. The third kappa shape index (κ3) is 5.90. The molecule has 142 valence electrons. The van der Waals surface area contributed by atoms with E-state index in [0.717, 1.165) is 28.1 Å². The summed E-state index contributed by atoms with van der Waals surface area (Å²) in [6.07, 6.45) is 5.27. The average Bonchev–Trinajstić information content (AvgIpc) is 3.14. The fourth-order valence-corrected chi connectivity index (χ4v) is 3.85. The third-order valence-electron chi connectivity index (χ3n) is 4.55. The van der Waals surface area contributed by atoms with Gasteiger partial charge >= 0.3 is 0 Å². The Balaban J connectivity index is 0.00000243. The average molecular weight is 441 g/mol. The molecule has 1 aliphatic carbocycles. The topological polar surface area (TPSA) is 30.5 Å². The van der Waals surface area contributed by atoms with Crippen LogP contribution in [0.3, 0.4) is 0 Å². The summed E-state index contributed by atoms with van der Waals surface area (Å²) in [6, 6.07) is 15.1. The van der Waals surface area contributed by atoms with Crippen molar-refractivity contribution in [2.75, 3.05) is 6.61 Å². The molecular weight excluding hydrogens is 414 g/mol. The van der Waals surface area contributed by atoms with Crippen molar-refractivity contribution < 1.29 is 9.47 Å². The Labute approximate surface area is 171 Å². The molecule has 0 saturated heterocycles. The highest BCUT2D eigenvalue weighted by Crippen LogP contribution is 2.37. The van der Waals surface area contributed by atoms with Gasteiger partial charge in [0.25, 0.3) is 0 Å². The SMILES string of the molecule is CCOc1cc(CNC2CCCC2)cc(Br)c1OCc1ccccc1.Cl. The van der Waals surface area contributed by atoms with Gasteiger partial charge < -0.3 is 14.8 Å². The van der Waals surface area contributed by atoms with E-state index in [0.29, 0.717) is 19.3 Å². The number of hydrogen-bond donors (Lipinski definition) is 1. The molecule has 0 aromatic heterocycles. The summed E-state index contributed by atoms with van der Waals surface area (Å²) in [5, 5.41) is 3.65.